The number of anilines is 1. The lowest BCUT2D eigenvalue weighted by Crippen LogP contribution is -2.39. The van der Waals surface area contributed by atoms with Gasteiger partial charge in [0.1, 0.15) is 5.60 Å². The summed E-state index contributed by atoms with van der Waals surface area (Å²) in [6, 6.07) is 6.84. The third-order valence-electron chi connectivity index (χ3n) is 7.52. The molecule has 0 N–H and O–H groups in total. The fraction of sp³-hybridized carbons (Fsp3) is 0.706. The molecule has 1 amide bonds. The molecule has 5 heteroatoms. The number of nitrogens with zero attached hydrogens (tertiary/aromatic N) is 3. The number of benzene rings is 1. The molecule has 0 aromatic heterocycles. The van der Waals surface area contributed by atoms with Crippen LogP contribution in [0.25, 0.3) is 0 Å². The number of ether oxygens (including phenoxy) is 1. The minimum atomic E-state index is -0.503. The molecule has 0 bridgehead atoms. The Morgan fingerprint density at radius 3 is 2.21 bits per heavy atom. The van der Waals surface area contributed by atoms with Gasteiger partial charge in [0, 0.05) is 38.1 Å². The van der Waals surface area contributed by atoms with Crippen LogP contribution in [0.15, 0.2) is 35.8 Å². The minimum Gasteiger partial charge on any atom is -0.444 e. The Bertz CT molecular complexity index is 954. The van der Waals surface area contributed by atoms with Gasteiger partial charge >= 0.3 is 6.09 Å². The van der Waals surface area contributed by atoms with Crippen molar-refractivity contribution < 1.29 is 9.53 Å². The molecule has 222 valence electrons. The summed E-state index contributed by atoms with van der Waals surface area (Å²) >= 11 is 0. The number of rotatable bonds is 14. The zero-order valence-electron chi connectivity index (χ0n) is 27.4. The topological polar surface area (TPSA) is 45.1 Å². The highest BCUT2D eigenvalue weighted by Crippen LogP contribution is 2.46. The van der Waals surface area contributed by atoms with E-state index in [9.17, 15) is 4.79 Å². The summed E-state index contributed by atoms with van der Waals surface area (Å²) in [6.45, 7) is 30.8. The van der Waals surface area contributed by atoms with E-state index in [1.807, 2.05) is 33.9 Å². The predicted octanol–water partition coefficient (Wildman–Crippen LogP) is 9.11. The highest BCUT2D eigenvalue weighted by Gasteiger charge is 2.32. The third-order valence-corrected chi connectivity index (χ3v) is 7.52. The van der Waals surface area contributed by atoms with Crippen LogP contribution in [0.3, 0.4) is 0 Å². The third kappa shape index (κ3) is 11.8. The first-order valence-electron chi connectivity index (χ1n) is 14.9. The molecule has 2 atom stereocenters. The molecule has 0 aliphatic rings. The number of hydrogen-bond donors (Lipinski definition) is 0. The molecule has 0 spiro atoms. The molecule has 39 heavy (non-hydrogen) atoms. The Morgan fingerprint density at radius 1 is 1.08 bits per heavy atom. The Morgan fingerprint density at radius 2 is 1.72 bits per heavy atom. The number of hydrogen-bond acceptors (Lipinski definition) is 4. The molecular formula is C34H59N3O2. The molecule has 0 heterocycles. The van der Waals surface area contributed by atoms with Crippen molar-refractivity contribution in [3.05, 3.63) is 42.0 Å². The van der Waals surface area contributed by atoms with Gasteiger partial charge in [-0.2, -0.15) is 0 Å². The van der Waals surface area contributed by atoms with Gasteiger partial charge in [-0.1, -0.05) is 60.1 Å². The Labute approximate surface area is 241 Å². The van der Waals surface area contributed by atoms with Crippen LogP contribution in [0.4, 0.5) is 10.5 Å². The predicted molar refractivity (Wildman–Crippen MR) is 171 cm³/mol. The van der Waals surface area contributed by atoms with Gasteiger partial charge in [-0.15, -0.1) is 6.58 Å². The summed E-state index contributed by atoms with van der Waals surface area (Å²) in [7, 11) is 1.82. The molecule has 0 radical (unpaired) electrons. The molecule has 0 aliphatic heterocycles. The number of amides is 1. The molecule has 5 nitrogen and oxygen atoms in total. The SMILES string of the molecule is C=CCN=C(C)c1ccc(N(CC)CCN(C)C(=O)OC(C)(C)C)c(C(CC)CC(C)(CC)CC(C)(C)C)c1. The fourth-order valence-electron chi connectivity index (χ4n) is 5.53. The van der Waals surface area contributed by atoms with Gasteiger partial charge in [0.2, 0.25) is 0 Å². The van der Waals surface area contributed by atoms with Crippen LogP contribution < -0.4 is 4.90 Å². The van der Waals surface area contributed by atoms with Gasteiger partial charge < -0.3 is 14.5 Å². The number of aliphatic imine (C=N–C) groups is 1. The van der Waals surface area contributed by atoms with Gasteiger partial charge in [-0.3, -0.25) is 4.99 Å². The molecule has 1 aromatic carbocycles. The molecule has 0 fully saturated rings. The largest absolute Gasteiger partial charge is 0.444 e. The van der Waals surface area contributed by atoms with E-state index in [1.165, 1.54) is 23.2 Å². The van der Waals surface area contributed by atoms with Crippen LogP contribution >= 0.6 is 0 Å². The Hall–Kier alpha value is -2.30. The average molecular weight is 542 g/mol. The van der Waals surface area contributed by atoms with Gasteiger partial charge in [0.25, 0.3) is 0 Å². The maximum Gasteiger partial charge on any atom is 0.410 e. The highest BCUT2D eigenvalue weighted by molar-refractivity contribution is 5.99. The summed E-state index contributed by atoms with van der Waals surface area (Å²) in [5.41, 5.74) is 4.89. The molecule has 0 aliphatic carbocycles. The molecular weight excluding hydrogens is 482 g/mol. The maximum atomic E-state index is 12.6. The van der Waals surface area contributed by atoms with Crippen LogP contribution in [0.1, 0.15) is 119 Å². The lowest BCUT2D eigenvalue weighted by molar-refractivity contribution is 0.0303. The van der Waals surface area contributed by atoms with Crippen molar-refractivity contribution in [2.75, 3.05) is 38.1 Å². The lowest BCUT2D eigenvalue weighted by atomic mass is 9.67. The van der Waals surface area contributed by atoms with E-state index < -0.39 is 5.60 Å². The fourth-order valence-corrected chi connectivity index (χ4v) is 5.53. The molecule has 1 rings (SSSR count). The Kier molecular flexibility index (Phi) is 13.3. The van der Waals surface area contributed by atoms with E-state index in [2.05, 4.69) is 85.1 Å². The second-order valence-electron chi connectivity index (χ2n) is 13.7. The van der Waals surface area contributed by atoms with E-state index in [4.69, 9.17) is 9.73 Å². The summed E-state index contributed by atoms with van der Waals surface area (Å²) in [6.07, 6.45) is 6.14. The molecule has 0 saturated carbocycles. The standard InChI is InChI=1S/C34H59N3O2/c1-14-20-35-26(5)28-18-19-30(37(17-4)22-21-36(13)31(38)39-33(9,10)11)29(23-28)27(15-2)24-34(12,16-3)25-32(6,7)8/h14,18-19,23,27H,1,15-17,20-22,24-25H2,2-13H3. The zero-order valence-corrected chi connectivity index (χ0v) is 27.4. The van der Waals surface area contributed by atoms with Crippen molar-refractivity contribution in [1.82, 2.24) is 4.90 Å². The Balaban J connectivity index is 3.46. The van der Waals surface area contributed by atoms with E-state index >= 15 is 0 Å². The monoisotopic (exact) mass is 541 g/mol. The smallest absolute Gasteiger partial charge is 0.410 e. The van der Waals surface area contributed by atoms with E-state index in [0.29, 0.717) is 19.0 Å². The first-order valence-corrected chi connectivity index (χ1v) is 14.9. The van der Waals surface area contributed by atoms with E-state index in [1.54, 1.807) is 4.90 Å². The summed E-state index contributed by atoms with van der Waals surface area (Å²) in [5.74, 6) is 0.428. The highest BCUT2D eigenvalue weighted by atomic mass is 16.6. The summed E-state index contributed by atoms with van der Waals surface area (Å²) in [4.78, 5) is 21.4. The molecule has 2 unspecified atom stereocenters. The van der Waals surface area contributed by atoms with E-state index in [-0.39, 0.29) is 16.9 Å². The maximum absolute atomic E-state index is 12.6. The zero-order chi connectivity index (χ0) is 30.0. The van der Waals surface area contributed by atoms with Crippen molar-refractivity contribution >= 4 is 17.5 Å². The van der Waals surface area contributed by atoms with Crippen LogP contribution in [0.2, 0.25) is 0 Å². The van der Waals surface area contributed by atoms with Crippen molar-refractivity contribution in [1.29, 1.82) is 0 Å². The van der Waals surface area contributed by atoms with Crippen LogP contribution in [0, 0.1) is 10.8 Å². The number of carbonyl (C=O) groups is 1. The van der Waals surface area contributed by atoms with Gasteiger partial charge in [0.15, 0.2) is 0 Å². The van der Waals surface area contributed by atoms with E-state index in [0.717, 1.165) is 38.1 Å². The van der Waals surface area contributed by atoms with Gasteiger partial charge in [-0.05, 0) is 93.9 Å². The molecule has 0 saturated heterocycles. The summed E-state index contributed by atoms with van der Waals surface area (Å²) < 4.78 is 5.58. The van der Waals surface area contributed by atoms with Crippen molar-refractivity contribution in [3.8, 4) is 0 Å². The first kappa shape index (κ1) is 34.7. The van der Waals surface area contributed by atoms with Crippen molar-refractivity contribution in [2.24, 2.45) is 15.8 Å². The first-order chi connectivity index (χ1) is 18.0. The normalized spacial score (nSPS) is 14.9. The second-order valence-corrected chi connectivity index (χ2v) is 13.7. The van der Waals surface area contributed by atoms with Crippen LogP contribution in [-0.4, -0.2) is 55.5 Å². The second kappa shape index (κ2) is 14.9. The number of carbonyl (C=O) groups excluding carboxylic acids is 1. The quantitative estimate of drug-likeness (QED) is 0.174. The average Bonchev–Trinajstić information content (AvgIpc) is 2.84. The van der Waals surface area contributed by atoms with Crippen LogP contribution in [-0.2, 0) is 4.74 Å². The minimum absolute atomic E-state index is 0.256. The van der Waals surface area contributed by atoms with Crippen molar-refractivity contribution in [2.45, 2.75) is 113 Å². The van der Waals surface area contributed by atoms with Gasteiger partial charge in [-0.25, -0.2) is 4.79 Å². The van der Waals surface area contributed by atoms with Crippen LogP contribution in [0.5, 0.6) is 0 Å². The number of likely N-dealkylation sites (N-methyl/N-ethyl adjacent to an activating group) is 2. The lowest BCUT2D eigenvalue weighted by Gasteiger charge is -2.39. The van der Waals surface area contributed by atoms with Crippen molar-refractivity contribution in [3.63, 3.8) is 0 Å². The van der Waals surface area contributed by atoms with Gasteiger partial charge in [0.05, 0.1) is 6.54 Å². The molecule has 1 aromatic rings. The summed E-state index contributed by atoms with van der Waals surface area (Å²) in [5, 5.41) is 0.